The van der Waals surface area contributed by atoms with Crippen LogP contribution in [0.3, 0.4) is 0 Å². The lowest BCUT2D eigenvalue weighted by Gasteiger charge is -2.26. The lowest BCUT2D eigenvalue weighted by molar-refractivity contribution is -0.123. The van der Waals surface area contributed by atoms with Crippen LogP contribution in [-0.4, -0.2) is 63.2 Å². The first-order valence-corrected chi connectivity index (χ1v) is 9.96. The number of aromatic nitrogens is 2. The van der Waals surface area contributed by atoms with Crippen molar-refractivity contribution in [2.45, 2.75) is 6.42 Å². The molecule has 2 amide bonds. The number of benzene rings is 1. The number of aromatic hydroxyl groups is 1. The van der Waals surface area contributed by atoms with Gasteiger partial charge in [-0.25, -0.2) is 9.37 Å². The molecule has 1 aliphatic heterocycles. The van der Waals surface area contributed by atoms with Crippen LogP contribution in [0, 0.1) is 16.6 Å². The van der Waals surface area contributed by atoms with Crippen LogP contribution in [0.15, 0.2) is 42.6 Å². The highest BCUT2D eigenvalue weighted by Crippen LogP contribution is 2.29. The first-order valence-electron chi connectivity index (χ1n) is 9.96. The van der Waals surface area contributed by atoms with Gasteiger partial charge in [-0.05, 0) is 29.8 Å². The molecule has 2 aromatic heterocycles. The van der Waals surface area contributed by atoms with Crippen LogP contribution >= 0.6 is 0 Å². The van der Waals surface area contributed by atoms with Gasteiger partial charge in [-0.2, -0.15) is 0 Å². The van der Waals surface area contributed by atoms with Crippen molar-refractivity contribution in [3.63, 3.8) is 0 Å². The van der Waals surface area contributed by atoms with Crippen molar-refractivity contribution in [3.05, 3.63) is 65.4 Å². The van der Waals surface area contributed by atoms with Crippen LogP contribution in [0.2, 0.25) is 0 Å². The largest absolute Gasteiger partial charge is 0.504 e. The van der Waals surface area contributed by atoms with Gasteiger partial charge in [0.15, 0.2) is 17.3 Å². The van der Waals surface area contributed by atoms with Crippen LogP contribution in [0.1, 0.15) is 21.7 Å². The van der Waals surface area contributed by atoms with Crippen molar-refractivity contribution < 1.29 is 23.8 Å². The van der Waals surface area contributed by atoms with Gasteiger partial charge in [0.05, 0.1) is 6.54 Å². The minimum Gasteiger partial charge on any atom is -0.504 e. The second-order valence-electron chi connectivity index (χ2n) is 7.29. The monoisotopic (exact) mass is 450 g/mol. The molecule has 3 heterocycles. The van der Waals surface area contributed by atoms with Gasteiger partial charge < -0.3 is 20.1 Å². The Balaban J connectivity index is 1.64. The number of rotatable bonds is 4. The van der Waals surface area contributed by atoms with E-state index in [-0.39, 0.29) is 53.6 Å². The Bertz CT molecular complexity index is 1280. The third kappa shape index (κ3) is 4.61. The number of nitrogens with zero attached hydrogens (tertiary/aromatic N) is 3. The highest BCUT2D eigenvalue weighted by Gasteiger charge is 2.28. The van der Waals surface area contributed by atoms with E-state index < -0.39 is 23.4 Å². The maximum atomic E-state index is 13.1. The van der Waals surface area contributed by atoms with Gasteiger partial charge in [0.2, 0.25) is 11.8 Å². The van der Waals surface area contributed by atoms with Crippen molar-refractivity contribution in [2.75, 3.05) is 19.6 Å². The molecule has 0 bridgehead atoms. The van der Waals surface area contributed by atoms with Crippen molar-refractivity contribution in [1.82, 2.24) is 20.2 Å². The van der Waals surface area contributed by atoms with E-state index in [1.54, 1.807) is 12.1 Å². The maximum Gasteiger partial charge on any atom is 0.273 e. The topological polar surface area (TPSA) is 152 Å². The van der Waals surface area contributed by atoms with Crippen molar-refractivity contribution in [2.24, 2.45) is 0 Å². The summed E-state index contributed by atoms with van der Waals surface area (Å²) in [6.07, 6.45) is 1.39. The number of hydrogen-bond acceptors (Lipinski definition) is 8. The van der Waals surface area contributed by atoms with E-state index in [0.717, 1.165) is 0 Å². The Labute approximate surface area is 187 Å². The molecule has 0 unspecified atom stereocenters. The normalized spacial score (nSPS) is 13.5. The molecule has 4 N–H and O–H groups in total. The number of piperazine rings is 1. The maximum absolute atomic E-state index is 13.1. The lowest BCUT2D eigenvalue weighted by Crippen LogP contribution is -2.50. The van der Waals surface area contributed by atoms with Crippen LogP contribution < -0.4 is 5.32 Å². The highest BCUT2D eigenvalue weighted by molar-refractivity contribution is 6.10. The zero-order valence-corrected chi connectivity index (χ0v) is 17.3. The second kappa shape index (κ2) is 8.99. The van der Waals surface area contributed by atoms with E-state index in [1.165, 1.54) is 35.4 Å². The fourth-order valence-electron chi connectivity index (χ4n) is 3.40. The molecule has 1 saturated heterocycles. The average Bonchev–Trinajstić information content (AvgIpc) is 2.80. The molecule has 1 fully saturated rings. The summed E-state index contributed by atoms with van der Waals surface area (Å²) < 4.78 is 18.3. The van der Waals surface area contributed by atoms with Crippen molar-refractivity contribution >= 4 is 34.5 Å². The second-order valence-corrected chi connectivity index (χ2v) is 7.29. The number of hydrogen-bond donors (Lipinski definition) is 4. The summed E-state index contributed by atoms with van der Waals surface area (Å²) in [6, 6.07) is 8.58. The van der Waals surface area contributed by atoms with Gasteiger partial charge in [0.1, 0.15) is 17.0 Å². The number of nitrogens with one attached hydrogen (secondary N) is 3. The van der Waals surface area contributed by atoms with Gasteiger partial charge in [0.25, 0.3) is 5.91 Å². The van der Waals surface area contributed by atoms with E-state index in [1.807, 2.05) is 0 Å². The van der Waals surface area contributed by atoms with Crippen molar-refractivity contribution in [1.29, 1.82) is 10.8 Å². The van der Waals surface area contributed by atoms with Crippen LogP contribution in [0.25, 0.3) is 10.9 Å². The number of ether oxygens (including phenoxy) is 1. The Hall–Kier alpha value is -4.41. The Kier molecular flexibility index (Phi) is 5.94. The molecule has 0 spiro atoms. The predicted octanol–water partition coefficient (Wildman–Crippen LogP) is 1.61. The molecule has 168 valence electrons. The van der Waals surface area contributed by atoms with Crippen molar-refractivity contribution in [3.8, 4) is 5.75 Å². The number of fused-ring (bicyclic) bond motifs is 1. The summed E-state index contributed by atoms with van der Waals surface area (Å²) >= 11 is 0. The Morgan fingerprint density at radius 1 is 1.21 bits per heavy atom. The van der Waals surface area contributed by atoms with Crippen LogP contribution in [0.4, 0.5) is 4.39 Å². The summed E-state index contributed by atoms with van der Waals surface area (Å²) in [4.78, 5) is 34.4. The third-order valence-electron chi connectivity index (χ3n) is 4.98. The van der Waals surface area contributed by atoms with Gasteiger partial charge in [-0.15, -0.1) is 0 Å². The highest BCUT2D eigenvalue weighted by atomic mass is 19.1. The standard InChI is InChI=1S/C22H19FN6O4/c23-13-5-3-12(4-6-13)10-15(24)33-21(25)19-20(31)17-14(2-1-7-27-17)18(28-19)22(32)29-9-8-26-16(30)11-29/h1-7,24-25,31H,8-11H2,(H,26,30). The smallest absolute Gasteiger partial charge is 0.273 e. The fraction of sp³-hybridized carbons (Fsp3) is 0.182. The van der Waals surface area contributed by atoms with Gasteiger partial charge in [-0.1, -0.05) is 12.1 Å². The fourth-order valence-corrected chi connectivity index (χ4v) is 3.40. The molecule has 33 heavy (non-hydrogen) atoms. The minimum absolute atomic E-state index is 0.0239. The summed E-state index contributed by atoms with van der Waals surface area (Å²) in [5.74, 6) is -2.75. The summed E-state index contributed by atoms with van der Waals surface area (Å²) in [7, 11) is 0. The molecule has 11 heteroatoms. The average molecular weight is 450 g/mol. The molecule has 0 atom stereocenters. The molecular weight excluding hydrogens is 431 g/mol. The quantitative estimate of drug-likeness (QED) is 0.350. The molecule has 1 aromatic carbocycles. The molecule has 0 radical (unpaired) electrons. The van der Waals surface area contributed by atoms with E-state index in [4.69, 9.17) is 15.6 Å². The minimum atomic E-state index is -0.655. The molecule has 0 saturated carbocycles. The summed E-state index contributed by atoms with van der Waals surface area (Å²) in [5, 5.41) is 29.8. The van der Waals surface area contributed by atoms with Gasteiger partial charge >= 0.3 is 0 Å². The van der Waals surface area contributed by atoms with E-state index in [9.17, 15) is 19.1 Å². The molecular formula is C22H19FN6O4. The third-order valence-corrected chi connectivity index (χ3v) is 4.98. The number of amides is 2. The number of pyridine rings is 2. The predicted molar refractivity (Wildman–Crippen MR) is 116 cm³/mol. The zero-order valence-electron chi connectivity index (χ0n) is 17.3. The molecule has 0 aliphatic carbocycles. The summed E-state index contributed by atoms with van der Waals surface area (Å²) in [6.45, 7) is 0.431. The van der Waals surface area contributed by atoms with E-state index in [0.29, 0.717) is 12.1 Å². The van der Waals surface area contributed by atoms with Crippen LogP contribution in [0.5, 0.6) is 5.75 Å². The summed E-state index contributed by atoms with van der Waals surface area (Å²) in [5.41, 5.74) is 0.158. The van der Waals surface area contributed by atoms with Gasteiger partial charge in [-0.3, -0.25) is 25.4 Å². The Morgan fingerprint density at radius 3 is 2.70 bits per heavy atom. The molecule has 10 nitrogen and oxygen atoms in total. The SMILES string of the molecule is N=C(Cc1ccc(F)cc1)OC(=N)c1nc(C(=O)N2CCNC(=O)C2)c2cccnc2c1O. The van der Waals surface area contributed by atoms with Gasteiger partial charge in [0, 0.05) is 31.1 Å². The molecule has 4 rings (SSSR count). The zero-order chi connectivity index (χ0) is 23.5. The van der Waals surface area contributed by atoms with E-state index in [2.05, 4.69) is 15.3 Å². The van der Waals surface area contributed by atoms with E-state index >= 15 is 0 Å². The number of halogens is 1. The first kappa shape index (κ1) is 21.8. The molecule has 3 aromatic rings. The number of carbonyl (C=O) groups excluding carboxylic acids is 2. The van der Waals surface area contributed by atoms with Crippen LogP contribution in [-0.2, 0) is 16.0 Å². The first-order chi connectivity index (χ1) is 15.8. The lowest BCUT2D eigenvalue weighted by atomic mass is 10.1. The Morgan fingerprint density at radius 2 is 1.97 bits per heavy atom. The molecule has 1 aliphatic rings. The number of carbonyl (C=O) groups is 2.